The van der Waals surface area contributed by atoms with Crippen molar-refractivity contribution in [1.29, 1.82) is 0 Å². The van der Waals surface area contributed by atoms with Crippen molar-refractivity contribution in [3.05, 3.63) is 42.2 Å². The summed E-state index contributed by atoms with van der Waals surface area (Å²) in [6.07, 6.45) is 1.34. The Bertz CT molecular complexity index is 639. The zero-order valence-electron chi connectivity index (χ0n) is 9.81. The summed E-state index contributed by atoms with van der Waals surface area (Å²) in [7, 11) is -3.37. The summed E-state index contributed by atoms with van der Waals surface area (Å²) in [5, 5.41) is 2.50. The molecule has 0 unspecified atom stereocenters. The molecule has 0 saturated carbocycles. The fraction of sp³-hybridized carbons (Fsp3) is 0.182. The van der Waals surface area contributed by atoms with E-state index in [-0.39, 0.29) is 22.9 Å². The maximum atomic E-state index is 11.9. The molecule has 0 saturated heterocycles. The number of aromatic nitrogens is 2. The van der Waals surface area contributed by atoms with Gasteiger partial charge in [-0.25, -0.2) is 8.42 Å². The number of nitrogens with one attached hydrogen (secondary N) is 1. The summed E-state index contributed by atoms with van der Waals surface area (Å²) in [5.74, 6) is -0.572. The van der Waals surface area contributed by atoms with Gasteiger partial charge in [-0.2, -0.15) is 8.75 Å². The fourth-order valence-corrected chi connectivity index (χ4v) is 2.99. The SMILES string of the molecule is O=C(NCCS(=O)(=O)c1ccccc1)c1cnsn1. The Morgan fingerprint density at radius 2 is 2.00 bits per heavy atom. The lowest BCUT2D eigenvalue weighted by atomic mass is 10.4. The molecule has 6 nitrogen and oxygen atoms in total. The van der Waals surface area contributed by atoms with Crippen LogP contribution in [0, 0.1) is 0 Å². The van der Waals surface area contributed by atoms with Crippen molar-refractivity contribution in [2.24, 2.45) is 0 Å². The van der Waals surface area contributed by atoms with Crippen molar-refractivity contribution in [3.63, 3.8) is 0 Å². The number of amides is 1. The van der Waals surface area contributed by atoms with Gasteiger partial charge in [-0.3, -0.25) is 4.79 Å². The van der Waals surface area contributed by atoms with E-state index in [2.05, 4.69) is 14.1 Å². The topological polar surface area (TPSA) is 89.0 Å². The van der Waals surface area contributed by atoms with Crippen molar-refractivity contribution in [3.8, 4) is 0 Å². The maximum absolute atomic E-state index is 11.9. The second-order valence-electron chi connectivity index (χ2n) is 3.68. The lowest BCUT2D eigenvalue weighted by Crippen LogP contribution is -2.29. The van der Waals surface area contributed by atoms with Gasteiger partial charge in [0.05, 0.1) is 28.6 Å². The van der Waals surface area contributed by atoms with Crippen molar-refractivity contribution in [2.75, 3.05) is 12.3 Å². The molecule has 0 radical (unpaired) electrons. The van der Waals surface area contributed by atoms with Crippen LogP contribution in [-0.2, 0) is 9.84 Å². The maximum Gasteiger partial charge on any atom is 0.272 e. The van der Waals surface area contributed by atoms with E-state index in [1.165, 1.54) is 18.3 Å². The third-order valence-electron chi connectivity index (χ3n) is 2.35. The van der Waals surface area contributed by atoms with Crippen molar-refractivity contribution in [1.82, 2.24) is 14.1 Å². The minimum atomic E-state index is -3.37. The van der Waals surface area contributed by atoms with Gasteiger partial charge in [0.1, 0.15) is 0 Å². The monoisotopic (exact) mass is 297 g/mol. The average Bonchev–Trinajstić information content (AvgIpc) is 2.93. The first-order valence-electron chi connectivity index (χ1n) is 5.43. The van der Waals surface area contributed by atoms with E-state index in [1.807, 2.05) is 0 Å². The predicted octanol–water partition coefficient (Wildman–Crippen LogP) is 0.742. The van der Waals surface area contributed by atoms with Crippen LogP contribution in [0.5, 0.6) is 0 Å². The second-order valence-corrected chi connectivity index (χ2v) is 6.35. The largest absolute Gasteiger partial charge is 0.350 e. The minimum Gasteiger partial charge on any atom is -0.350 e. The summed E-state index contributed by atoms with van der Waals surface area (Å²) < 4.78 is 31.3. The molecule has 100 valence electrons. The molecule has 0 atom stereocenters. The van der Waals surface area contributed by atoms with Gasteiger partial charge < -0.3 is 5.32 Å². The van der Waals surface area contributed by atoms with Crippen molar-refractivity contribution < 1.29 is 13.2 Å². The summed E-state index contributed by atoms with van der Waals surface area (Å²) >= 11 is 0.925. The van der Waals surface area contributed by atoms with E-state index >= 15 is 0 Å². The summed E-state index contributed by atoms with van der Waals surface area (Å²) in [6.45, 7) is 0.0353. The second kappa shape index (κ2) is 5.89. The normalized spacial score (nSPS) is 11.2. The molecule has 0 fully saturated rings. The number of carbonyl (C=O) groups is 1. The molecule has 19 heavy (non-hydrogen) atoms. The Balaban J connectivity index is 1.91. The quantitative estimate of drug-likeness (QED) is 0.879. The Hall–Kier alpha value is -1.80. The molecular weight excluding hydrogens is 286 g/mol. The molecule has 0 aliphatic heterocycles. The van der Waals surface area contributed by atoms with Gasteiger partial charge in [-0.15, -0.1) is 0 Å². The third-order valence-corrected chi connectivity index (χ3v) is 4.56. The van der Waals surface area contributed by atoms with Gasteiger partial charge >= 0.3 is 0 Å². The molecule has 8 heteroatoms. The molecular formula is C11H11N3O3S2. The molecule has 2 rings (SSSR count). The average molecular weight is 297 g/mol. The highest BCUT2D eigenvalue weighted by molar-refractivity contribution is 7.91. The van der Waals surface area contributed by atoms with Crippen LogP contribution in [0.15, 0.2) is 41.4 Å². The molecule has 2 aromatic rings. The van der Waals surface area contributed by atoms with Crippen molar-refractivity contribution >= 4 is 27.5 Å². The summed E-state index contributed by atoms with van der Waals surface area (Å²) in [6, 6.07) is 8.12. The molecule has 1 N–H and O–H groups in total. The Morgan fingerprint density at radius 3 is 2.63 bits per heavy atom. The number of rotatable bonds is 5. The molecule has 1 heterocycles. The van der Waals surface area contributed by atoms with Gasteiger partial charge in [-0.05, 0) is 12.1 Å². The molecule has 0 spiro atoms. The first kappa shape index (κ1) is 13.6. The van der Waals surface area contributed by atoms with Crippen molar-refractivity contribution in [2.45, 2.75) is 4.90 Å². The Morgan fingerprint density at radius 1 is 1.26 bits per heavy atom. The van der Waals surface area contributed by atoms with E-state index in [4.69, 9.17) is 0 Å². The number of carbonyl (C=O) groups excluding carboxylic acids is 1. The first-order chi connectivity index (χ1) is 9.09. The number of hydrogen-bond donors (Lipinski definition) is 1. The number of nitrogens with zero attached hydrogens (tertiary/aromatic N) is 2. The molecule has 0 aliphatic rings. The Labute approximate surface area is 114 Å². The zero-order chi connectivity index (χ0) is 13.7. The van der Waals surface area contributed by atoms with Gasteiger partial charge in [0.2, 0.25) is 0 Å². The van der Waals surface area contributed by atoms with Crippen LogP contribution < -0.4 is 5.32 Å². The van der Waals surface area contributed by atoms with Gasteiger partial charge in [0.15, 0.2) is 15.5 Å². The lowest BCUT2D eigenvalue weighted by molar-refractivity contribution is 0.0952. The highest BCUT2D eigenvalue weighted by Crippen LogP contribution is 2.09. The highest BCUT2D eigenvalue weighted by Gasteiger charge is 2.15. The van der Waals surface area contributed by atoms with E-state index in [0.29, 0.717) is 0 Å². The standard InChI is InChI=1S/C11H11N3O3S2/c15-11(10-8-13-18-14-10)12-6-7-19(16,17)9-4-2-1-3-5-9/h1-5,8H,6-7H2,(H,12,15). The molecule has 0 aliphatic carbocycles. The Kier molecular flexibility index (Phi) is 4.23. The number of benzene rings is 1. The highest BCUT2D eigenvalue weighted by atomic mass is 32.2. The van der Waals surface area contributed by atoms with E-state index in [9.17, 15) is 13.2 Å². The summed E-state index contributed by atoms with van der Waals surface area (Å²) in [4.78, 5) is 11.8. The lowest BCUT2D eigenvalue weighted by Gasteiger charge is -2.05. The number of sulfone groups is 1. The van der Waals surface area contributed by atoms with Crippen LogP contribution in [0.3, 0.4) is 0 Å². The summed E-state index contributed by atoms with van der Waals surface area (Å²) in [5.41, 5.74) is 0.196. The minimum absolute atomic E-state index is 0.0353. The van der Waals surface area contributed by atoms with Gasteiger partial charge in [0, 0.05) is 6.54 Å². The van der Waals surface area contributed by atoms with Crippen LogP contribution >= 0.6 is 11.7 Å². The molecule has 0 bridgehead atoms. The van der Waals surface area contributed by atoms with Crippen LogP contribution in [-0.4, -0.2) is 35.4 Å². The van der Waals surface area contributed by atoms with Crippen LogP contribution in [0.25, 0.3) is 0 Å². The smallest absolute Gasteiger partial charge is 0.272 e. The van der Waals surface area contributed by atoms with E-state index in [0.717, 1.165) is 11.7 Å². The third kappa shape index (κ3) is 3.58. The number of hydrogen-bond acceptors (Lipinski definition) is 6. The molecule has 1 aromatic heterocycles. The van der Waals surface area contributed by atoms with Crippen LogP contribution in [0.1, 0.15) is 10.5 Å². The molecule has 1 aromatic carbocycles. The molecule has 1 amide bonds. The first-order valence-corrected chi connectivity index (χ1v) is 7.81. The van der Waals surface area contributed by atoms with Crippen LogP contribution in [0.2, 0.25) is 0 Å². The van der Waals surface area contributed by atoms with Gasteiger partial charge in [0.25, 0.3) is 5.91 Å². The fourth-order valence-electron chi connectivity index (χ4n) is 1.40. The zero-order valence-corrected chi connectivity index (χ0v) is 11.4. The predicted molar refractivity (Wildman–Crippen MR) is 70.7 cm³/mol. The van der Waals surface area contributed by atoms with E-state index < -0.39 is 15.7 Å². The van der Waals surface area contributed by atoms with Gasteiger partial charge in [-0.1, -0.05) is 18.2 Å². The van der Waals surface area contributed by atoms with Crippen LogP contribution in [0.4, 0.5) is 0 Å². The van der Waals surface area contributed by atoms with E-state index in [1.54, 1.807) is 18.2 Å².